The van der Waals surface area contributed by atoms with Gasteiger partial charge in [0.1, 0.15) is 0 Å². The summed E-state index contributed by atoms with van der Waals surface area (Å²) in [6, 6.07) is 10.8. The molecule has 0 aliphatic carbocycles. The van der Waals surface area contributed by atoms with E-state index in [0.29, 0.717) is 12.5 Å². The summed E-state index contributed by atoms with van der Waals surface area (Å²) in [4.78, 5) is 16.4. The number of hydrogen-bond acceptors (Lipinski definition) is 3. The molecule has 2 fully saturated rings. The normalized spacial score (nSPS) is 27.4. The van der Waals surface area contributed by atoms with Crippen molar-refractivity contribution in [3.8, 4) is 0 Å². The maximum atomic E-state index is 12.0. The van der Waals surface area contributed by atoms with E-state index >= 15 is 0 Å². The third kappa shape index (κ3) is 2.86. The minimum Gasteiger partial charge on any atom is -0.396 e. The zero-order valence-electron chi connectivity index (χ0n) is 11.7. The molecule has 0 saturated carbocycles. The summed E-state index contributed by atoms with van der Waals surface area (Å²) in [6.45, 7) is 3.83. The van der Waals surface area contributed by atoms with Gasteiger partial charge in [-0.2, -0.15) is 0 Å². The second-order valence-electron chi connectivity index (χ2n) is 5.96. The van der Waals surface area contributed by atoms with Crippen LogP contribution in [-0.2, 0) is 11.3 Å². The fraction of sp³-hybridized carbons (Fsp3) is 0.562. The van der Waals surface area contributed by atoms with Crippen molar-refractivity contribution >= 4 is 5.91 Å². The van der Waals surface area contributed by atoms with E-state index in [2.05, 4.69) is 29.2 Å². The Balaban J connectivity index is 1.56. The maximum Gasteiger partial charge on any atom is 0.223 e. The van der Waals surface area contributed by atoms with Crippen LogP contribution in [0.5, 0.6) is 0 Å². The summed E-state index contributed by atoms with van der Waals surface area (Å²) < 4.78 is 0. The van der Waals surface area contributed by atoms with Crippen molar-refractivity contribution in [3.63, 3.8) is 0 Å². The van der Waals surface area contributed by atoms with E-state index in [1.807, 2.05) is 11.0 Å². The van der Waals surface area contributed by atoms with Crippen LogP contribution < -0.4 is 0 Å². The Kier molecular flexibility index (Phi) is 4.03. The Morgan fingerprint density at radius 1 is 1.20 bits per heavy atom. The molecule has 108 valence electrons. The molecule has 0 spiro atoms. The molecule has 2 aliphatic heterocycles. The first-order valence-electron chi connectivity index (χ1n) is 7.43. The summed E-state index contributed by atoms with van der Waals surface area (Å²) in [6.07, 6.45) is 1.57. The Morgan fingerprint density at radius 2 is 2.00 bits per heavy atom. The van der Waals surface area contributed by atoms with Gasteiger partial charge < -0.3 is 10.0 Å². The standard InChI is InChI=1S/C16H22N2O2/c19-12-14-8-16(20)18(10-14)15-6-7-17(11-15)9-13-4-2-1-3-5-13/h1-5,14-15,19H,6-12H2. The first kappa shape index (κ1) is 13.6. The predicted molar refractivity (Wildman–Crippen MR) is 77.0 cm³/mol. The Morgan fingerprint density at radius 3 is 2.70 bits per heavy atom. The van der Waals surface area contributed by atoms with Crippen molar-refractivity contribution in [2.45, 2.75) is 25.4 Å². The SMILES string of the molecule is O=C1CC(CO)CN1C1CCN(Cc2ccccc2)C1. The fourth-order valence-corrected chi connectivity index (χ4v) is 3.34. The molecule has 4 nitrogen and oxygen atoms in total. The highest BCUT2D eigenvalue weighted by molar-refractivity contribution is 5.79. The topological polar surface area (TPSA) is 43.8 Å². The maximum absolute atomic E-state index is 12.0. The van der Waals surface area contributed by atoms with E-state index in [1.165, 1.54) is 5.56 Å². The number of hydrogen-bond donors (Lipinski definition) is 1. The van der Waals surface area contributed by atoms with Gasteiger partial charge in [-0.1, -0.05) is 30.3 Å². The van der Waals surface area contributed by atoms with Crippen LogP contribution in [0.3, 0.4) is 0 Å². The highest BCUT2D eigenvalue weighted by atomic mass is 16.3. The number of aliphatic hydroxyl groups is 1. The lowest BCUT2D eigenvalue weighted by molar-refractivity contribution is -0.129. The van der Waals surface area contributed by atoms with Gasteiger partial charge in [0.15, 0.2) is 0 Å². The van der Waals surface area contributed by atoms with Crippen LogP contribution in [-0.4, -0.2) is 53.1 Å². The van der Waals surface area contributed by atoms with E-state index in [4.69, 9.17) is 0 Å². The number of amides is 1. The number of benzene rings is 1. The van der Waals surface area contributed by atoms with Crippen LogP contribution in [0.4, 0.5) is 0 Å². The van der Waals surface area contributed by atoms with Gasteiger partial charge in [0.2, 0.25) is 5.91 Å². The average molecular weight is 274 g/mol. The third-order valence-corrected chi connectivity index (χ3v) is 4.43. The molecule has 0 bridgehead atoms. The van der Waals surface area contributed by atoms with Gasteiger partial charge in [-0.25, -0.2) is 0 Å². The monoisotopic (exact) mass is 274 g/mol. The van der Waals surface area contributed by atoms with Crippen molar-refractivity contribution in [1.29, 1.82) is 0 Å². The molecule has 0 aromatic heterocycles. The first-order chi connectivity index (χ1) is 9.76. The molecule has 20 heavy (non-hydrogen) atoms. The summed E-state index contributed by atoms with van der Waals surface area (Å²) in [7, 11) is 0. The Hall–Kier alpha value is -1.39. The summed E-state index contributed by atoms with van der Waals surface area (Å²) in [5.41, 5.74) is 1.33. The Labute approximate surface area is 120 Å². The predicted octanol–water partition coefficient (Wildman–Crippen LogP) is 1.10. The lowest BCUT2D eigenvalue weighted by Gasteiger charge is -2.24. The molecule has 2 heterocycles. The largest absolute Gasteiger partial charge is 0.396 e. The molecule has 2 unspecified atom stereocenters. The minimum absolute atomic E-state index is 0.128. The lowest BCUT2D eigenvalue weighted by Crippen LogP contribution is -2.38. The second-order valence-corrected chi connectivity index (χ2v) is 5.96. The molecule has 2 saturated heterocycles. The smallest absolute Gasteiger partial charge is 0.223 e. The number of carbonyl (C=O) groups is 1. The zero-order valence-corrected chi connectivity index (χ0v) is 11.7. The van der Waals surface area contributed by atoms with Gasteiger partial charge in [0.25, 0.3) is 0 Å². The third-order valence-electron chi connectivity index (χ3n) is 4.43. The van der Waals surface area contributed by atoms with Crippen LogP contribution in [0.2, 0.25) is 0 Å². The number of likely N-dealkylation sites (tertiary alicyclic amines) is 2. The van der Waals surface area contributed by atoms with Gasteiger partial charge in [-0.3, -0.25) is 9.69 Å². The molecular weight excluding hydrogens is 252 g/mol. The Bertz CT molecular complexity index is 463. The summed E-state index contributed by atoms with van der Waals surface area (Å²) in [5.74, 6) is 0.362. The number of nitrogens with zero attached hydrogens (tertiary/aromatic N) is 2. The van der Waals surface area contributed by atoms with Gasteiger partial charge >= 0.3 is 0 Å². The van der Waals surface area contributed by atoms with Gasteiger partial charge in [-0.05, 0) is 12.0 Å². The average Bonchev–Trinajstić information content (AvgIpc) is 3.06. The van der Waals surface area contributed by atoms with Crippen molar-refractivity contribution in [3.05, 3.63) is 35.9 Å². The molecule has 1 amide bonds. The van der Waals surface area contributed by atoms with Crippen LogP contribution in [0.15, 0.2) is 30.3 Å². The van der Waals surface area contributed by atoms with Gasteiger partial charge in [0, 0.05) is 51.2 Å². The van der Waals surface area contributed by atoms with E-state index in [-0.39, 0.29) is 18.4 Å². The minimum atomic E-state index is 0.128. The van der Waals surface area contributed by atoms with Crippen LogP contribution in [0, 0.1) is 5.92 Å². The molecule has 2 atom stereocenters. The molecule has 3 rings (SSSR count). The number of aliphatic hydroxyl groups excluding tert-OH is 1. The zero-order chi connectivity index (χ0) is 13.9. The van der Waals surface area contributed by atoms with Crippen molar-refractivity contribution in [2.75, 3.05) is 26.2 Å². The van der Waals surface area contributed by atoms with E-state index in [1.54, 1.807) is 0 Å². The van der Waals surface area contributed by atoms with Crippen LogP contribution in [0.1, 0.15) is 18.4 Å². The molecule has 0 radical (unpaired) electrons. The van der Waals surface area contributed by atoms with Gasteiger partial charge in [-0.15, -0.1) is 0 Å². The molecule has 4 heteroatoms. The highest BCUT2D eigenvalue weighted by Crippen LogP contribution is 2.25. The molecule has 2 aliphatic rings. The molecule has 1 aromatic rings. The number of carbonyl (C=O) groups excluding carboxylic acids is 1. The molecule has 1 aromatic carbocycles. The summed E-state index contributed by atoms with van der Waals surface area (Å²) >= 11 is 0. The highest BCUT2D eigenvalue weighted by Gasteiger charge is 2.36. The number of rotatable bonds is 4. The lowest BCUT2D eigenvalue weighted by atomic mass is 10.1. The molecular formula is C16H22N2O2. The van der Waals surface area contributed by atoms with E-state index in [9.17, 15) is 9.90 Å². The summed E-state index contributed by atoms with van der Waals surface area (Å²) in [5, 5.41) is 9.20. The van der Waals surface area contributed by atoms with Crippen LogP contribution >= 0.6 is 0 Å². The van der Waals surface area contributed by atoms with Crippen molar-refractivity contribution < 1.29 is 9.90 Å². The second kappa shape index (κ2) is 5.94. The van der Waals surface area contributed by atoms with E-state index in [0.717, 1.165) is 32.6 Å². The fourth-order valence-electron chi connectivity index (χ4n) is 3.34. The first-order valence-corrected chi connectivity index (χ1v) is 7.43. The van der Waals surface area contributed by atoms with E-state index < -0.39 is 0 Å². The van der Waals surface area contributed by atoms with Crippen LogP contribution in [0.25, 0.3) is 0 Å². The quantitative estimate of drug-likeness (QED) is 0.894. The van der Waals surface area contributed by atoms with Crippen molar-refractivity contribution in [2.24, 2.45) is 5.92 Å². The van der Waals surface area contributed by atoms with Gasteiger partial charge in [0.05, 0.1) is 0 Å². The molecule has 1 N–H and O–H groups in total. The van der Waals surface area contributed by atoms with Crippen molar-refractivity contribution in [1.82, 2.24) is 9.80 Å².